The number of hydrogen-bond donors (Lipinski definition) is 1. The first-order chi connectivity index (χ1) is 15.9. The van der Waals surface area contributed by atoms with Crippen LogP contribution in [0.25, 0.3) is 0 Å². The van der Waals surface area contributed by atoms with Crippen molar-refractivity contribution in [3.63, 3.8) is 0 Å². The van der Waals surface area contributed by atoms with Gasteiger partial charge in [0.1, 0.15) is 24.0 Å². The standard InChI is InChI=1S/C25H22ClIN2O4/c1-2-31-21-11-15(10-18(27)24(21)32-13-14-6-3-4-7-17(14)26)22-16(12-28)25(29)33-20-9-5-8-19(30)23(20)22/h3-4,6-7,10-11,22H,2,5,8-9,13,29H2,1H3/t22-/m0/s1. The first-order valence-corrected chi connectivity index (χ1v) is 12.1. The van der Waals surface area contributed by atoms with Gasteiger partial charge in [0.2, 0.25) is 5.88 Å². The van der Waals surface area contributed by atoms with Crippen LogP contribution in [0.5, 0.6) is 11.5 Å². The summed E-state index contributed by atoms with van der Waals surface area (Å²) in [5, 5.41) is 10.5. The number of Topliss-reactive ketones (excluding diaryl/α,β-unsaturated/α-hetero) is 1. The van der Waals surface area contributed by atoms with E-state index in [2.05, 4.69) is 28.7 Å². The summed E-state index contributed by atoms with van der Waals surface area (Å²) in [6.45, 7) is 2.58. The third-order valence-electron chi connectivity index (χ3n) is 5.60. The summed E-state index contributed by atoms with van der Waals surface area (Å²) in [7, 11) is 0. The van der Waals surface area contributed by atoms with Gasteiger partial charge in [-0.1, -0.05) is 29.8 Å². The Balaban J connectivity index is 1.77. The zero-order valence-corrected chi connectivity index (χ0v) is 20.9. The predicted octanol–water partition coefficient (Wildman–Crippen LogP) is 5.74. The molecule has 2 aliphatic rings. The highest BCUT2D eigenvalue weighted by Gasteiger charge is 2.38. The SMILES string of the molecule is CCOc1cc([C@H]2C(C#N)=C(N)OC3=C2C(=O)CCC3)cc(I)c1OCc1ccccc1Cl. The number of carbonyl (C=O) groups is 1. The normalized spacial score (nSPS) is 17.9. The highest BCUT2D eigenvalue weighted by Crippen LogP contribution is 2.46. The lowest BCUT2D eigenvalue weighted by Crippen LogP contribution is -2.27. The van der Waals surface area contributed by atoms with Crippen molar-refractivity contribution in [1.82, 2.24) is 0 Å². The van der Waals surface area contributed by atoms with Crippen LogP contribution in [0.15, 0.2) is 59.2 Å². The van der Waals surface area contributed by atoms with Gasteiger partial charge in [-0.05, 0) is 59.7 Å². The van der Waals surface area contributed by atoms with E-state index in [1.54, 1.807) is 0 Å². The highest BCUT2D eigenvalue weighted by molar-refractivity contribution is 14.1. The first-order valence-electron chi connectivity index (χ1n) is 10.6. The van der Waals surface area contributed by atoms with Crippen LogP contribution >= 0.6 is 34.2 Å². The van der Waals surface area contributed by atoms with Crippen LogP contribution in [0.4, 0.5) is 0 Å². The average molecular weight is 577 g/mol. The van der Waals surface area contributed by atoms with Gasteiger partial charge < -0.3 is 19.9 Å². The second kappa shape index (κ2) is 10.1. The molecule has 1 atom stereocenters. The molecule has 2 N–H and O–H groups in total. The lowest BCUT2D eigenvalue weighted by molar-refractivity contribution is -0.116. The molecule has 8 heteroatoms. The summed E-state index contributed by atoms with van der Waals surface area (Å²) in [4.78, 5) is 12.9. The molecular formula is C25H22ClIN2O4. The zero-order chi connectivity index (χ0) is 23.5. The van der Waals surface area contributed by atoms with Gasteiger partial charge in [-0.3, -0.25) is 4.79 Å². The molecule has 170 valence electrons. The van der Waals surface area contributed by atoms with Gasteiger partial charge in [0.05, 0.1) is 16.1 Å². The molecule has 1 aliphatic heterocycles. The second-order valence-electron chi connectivity index (χ2n) is 7.68. The number of nitrogens with zero attached hydrogens (tertiary/aromatic N) is 1. The fraction of sp³-hybridized carbons (Fsp3) is 0.280. The molecule has 33 heavy (non-hydrogen) atoms. The minimum absolute atomic E-state index is 0.0199. The number of benzene rings is 2. The number of ketones is 1. The fourth-order valence-corrected chi connectivity index (χ4v) is 5.08. The maximum atomic E-state index is 12.9. The molecule has 6 nitrogen and oxygen atoms in total. The van der Waals surface area contributed by atoms with E-state index in [4.69, 9.17) is 31.5 Å². The Bertz CT molecular complexity index is 1220. The molecule has 0 radical (unpaired) electrons. The number of allylic oxidation sites excluding steroid dienone is 3. The molecule has 1 aliphatic carbocycles. The van der Waals surface area contributed by atoms with Gasteiger partial charge in [-0.15, -0.1) is 0 Å². The van der Waals surface area contributed by atoms with Gasteiger partial charge in [0.15, 0.2) is 17.3 Å². The zero-order valence-electron chi connectivity index (χ0n) is 18.0. The summed E-state index contributed by atoms with van der Waals surface area (Å²) >= 11 is 8.45. The van der Waals surface area contributed by atoms with Crippen LogP contribution in [-0.2, 0) is 16.1 Å². The van der Waals surface area contributed by atoms with Gasteiger partial charge in [-0.25, -0.2) is 0 Å². The van der Waals surface area contributed by atoms with E-state index in [9.17, 15) is 10.1 Å². The van der Waals surface area contributed by atoms with Crippen LogP contribution in [-0.4, -0.2) is 12.4 Å². The van der Waals surface area contributed by atoms with E-state index in [1.807, 2.05) is 43.3 Å². The van der Waals surface area contributed by atoms with Crippen LogP contribution in [0, 0.1) is 14.9 Å². The maximum absolute atomic E-state index is 12.9. The summed E-state index contributed by atoms with van der Waals surface area (Å²) in [6.07, 6.45) is 1.74. The van der Waals surface area contributed by atoms with E-state index < -0.39 is 5.92 Å². The van der Waals surface area contributed by atoms with Crippen LogP contribution < -0.4 is 15.2 Å². The summed E-state index contributed by atoms with van der Waals surface area (Å²) in [5.41, 5.74) is 8.41. The number of halogens is 2. The lowest BCUT2D eigenvalue weighted by Gasteiger charge is -2.31. The molecule has 2 aromatic carbocycles. The van der Waals surface area contributed by atoms with Crippen molar-refractivity contribution in [2.75, 3.05) is 6.61 Å². The van der Waals surface area contributed by atoms with Crippen molar-refractivity contribution < 1.29 is 19.0 Å². The maximum Gasteiger partial charge on any atom is 0.205 e. The third kappa shape index (κ3) is 4.68. The lowest BCUT2D eigenvalue weighted by atomic mass is 9.77. The van der Waals surface area contributed by atoms with Gasteiger partial charge >= 0.3 is 0 Å². The largest absolute Gasteiger partial charge is 0.490 e. The Morgan fingerprint density at radius 3 is 2.79 bits per heavy atom. The summed E-state index contributed by atoms with van der Waals surface area (Å²) in [6, 6.07) is 13.4. The number of hydrogen-bond acceptors (Lipinski definition) is 6. The molecule has 0 amide bonds. The smallest absolute Gasteiger partial charge is 0.205 e. The molecule has 0 spiro atoms. The van der Waals surface area contributed by atoms with Crippen molar-refractivity contribution in [2.24, 2.45) is 5.73 Å². The van der Waals surface area contributed by atoms with Crippen molar-refractivity contribution in [2.45, 2.75) is 38.7 Å². The number of nitriles is 1. The fourth-order valence-electron chi connectivity index (χ4n) is 4.11. The Morgan fingerprint density at radius 2 is 2.06 bits per heavy atom. The molecule has 0 fully saturated rings. The predicted molar refractivity (Wildman–Crippen MR) is 133 cm³/mol. The number of carbonyl (C=O) groups excluding carboxylic acids is 1. The Hall–Kier alpha value is -2.70. The third-order valence-corrected chi connectivity index (χ3v) is 6.77. The molecule has 0 aromatic heterocycles. The van der Waals surface area contributed by atoms with Crippen LogP contribution in [0.2, 0.25) is 5.02 Å². The summed E-state index contributed by atoms with van der Waals surface area (Å²) in [5.74, 6) is 1.08. The van der Waals surface area contributed by atoms with E-state index in [0.29, 0.717) is 53.7 Å². The molecule has 1 heterocycles. The number of nitrogens with two attached hydrogens (primary N) is 1. The van der Waals surface area contributed by atoms with Crippen LogP contribution in [0.1, 0.15) is 43.2 Å². The Labute approximate surface area is 211 Å². The molecule has 4 rings (SSSR count). The van der Waals surface area contributed by atoms with E-state index >= 15 is 0 Å². The van der Waals surface area contributed by atoms with Crippen molar-refractivity contribution in [3.8, 4) is 17.6 Å². The molecule has 0 bridgehead atoms. The highest BCUT2D eigenvalue weighted by atomic mass is 127. The van der Waals surface area contributed by atoms with E-state index in [1.165, 1.54) is 0 Å². The molecule has 0 saturated heterocycles. The topological polar surface area (TPSA) is 94.6 Å². The molecule has 0 unspecified atom stereocenters. The van der Waals surface area contributed by atoms with Gasteiger partial charge in [0.25, 0.3) is 0 Å². The van der Waals surface area contributed by atoms with Crippen molar-refractivity contribution in [1.29, 1.82) is 5.26 Å². The Kier molecular flexibility index (Phi) is 7.15. The minimum Gasteiger partial charge on any atom is -0.490 e. The minimum atomic E-state index is -0.600. The van der Waals surface area contributed by atoms with Crippen LogP contribution in [0.3, 0.4) is 0 Å². The van der Waals surface area contributed by atoms with Gasteiger partial charge in [-0.2, -0.15) is 5.26 Å². The number of rotatable bonds is 6. The van der Waals surface area contributed by atoms with Crippen molar-refractivity contribution in [3.05, 3.63) is 78.9 Å². The quantitative estimate of drug-likeness (QED) is 0.441. The Morgan fingerprint density at radius 1 is 1.27 bits per heavy atom. The van der Waals surface area contributed by atoms with Gasteiger partial charge in [0, 0.05) is 29.0 Å². The number of ether oxygens (including phenoxy) is 3. The molecule has 2 aromatic rings. The van der Waals surface area contributed by atoms with E-state index in [-0.39, 0.29) is 23.8 Å². The average Bonchev–Trinajstić information content (AvgIpc) is 2.79. The molecular weight excluding hydrogens is 555 g/mol. The van der Waals surface area contributed by atoms with E-state index in [0.717, 1.165) is 14.7 Å². The monoisotopic (exact) mass is 576 g/mol. The second-order valence-corrected chi connectivity index (χ2v) is 9.25. The molecule has 0 saturated carbocycles. The van der Waals surface area contributed by atoms with Crippen molar-refractivity contribution >= 4 is 40.0 Å². The first kappa shape index (κ1) is 23.5. The summed E-state index contributed by atoms with van der Waals surface area (Å²) < 4.78 is 18.5.